The van der Waals surface area contributed by atoms with E-state index in [-0.39, 0.29) is 27.9 Å². The van der Waals surface area contributed by atoms with Crippen molar-refractivity contribution in [3.63, 3.8) is 0 Å². The predicted molar refractivity (Wildman–Crippen MR) is 104 cm³/mol. The van der Waals surface area contributed by atoms with Crippen LogP contribution in [-0.2, 0) is 9.59 Å². The number of fused-ring (bicyclic) bond motifs is 2. The summed E-state index contributed by atoms with van der Waals surface area (Å²) in [5.74, 6) is 1.58. The Kier molecular flexibility index (Phi) is 3.32. The molecule has 5 saturated carbocycles. The Morgan fingerprint density at radius 2 is 1.59 bits per heavy atom. The van der Waals surface area contributed by atoms with Gasteiger partial charge in [-0.1, -0.05) is 27.7 Å². The summed E-state index contributed by atoms with van der Waals surface area (Å²) < 4.78 is 0. The molecule has 0 amide bonds. The molecular formula is C24H36O3. The van der Waals surface area contributed by atoms with Gasteiger partial charge in [-0.2, -0.15) is 0 Å². The molecule has 5 aliphatic carbocycles. The van der Waals surface area contributed by atoms with Gasteiger partial charge in [0.05, 0.1) is 6.10 Å². The van der Waals surface area contributed by atoms with Gasteiger partial charge in [-0.05, 0) is 85.4 Å². The minimum Gasteiger partial charge on any atom is -0.392 e. The third kappa shape index (κ3) is 1.76. The lowest BCUT2D eigenvalue weighted by Crippen LogP contribution is -2.57. The van der Waals surface area contributed by atoms with E-state index in [1.165, 1.54) is 19.3 Å². The first-order valence-corrected chi connectivity index (χ1v) is 11.2. The fraction of sp³-hybridized carbons (Fsp3) is 0.917. The average Bonchev–Trinajstić information content (AvgIpc) is 3.17. The highest BCUT2D eigenvalue weighted by atomic mass is 16.3. The first-order chi connectivity index (χ1) is 12.5. The highest BCUT2D eigenvalue weighted by Crippen LogP contribution is 2.88. The van der Waals surface area contributed by atoms with Gasteiger partial charge in [0.1, 0.15) is 11.6 Å². The topological polar surface area (TPSA) is 54.4 Å². The number of hydrogen-bond donors (Lipinski definition) is 1. The van der Waals surface area contributed by atoms with Crippen molar-refractivity contribution in [1.82, 2.24) is 0 Å². The van der Waals surface area contributed by atoms with Gasteiger partial charge >= 0.3 is 0 Å². The van der Waals surface area contributed by atoms with Crippen LogP contribution in [-0.4, -0.2) is 22.8 Å². The van der Waals surface area contributed by atoms with Crippen molar-refractivity contribution in [2.24, 2.45) is 44.8 Å². The van der Waals surface area contributed by atoms with Gasteiger partial charge in [0.2, 0.25) is 0 Å². The largest absolute Gasteiger partial charge is 0.392 e. The first-order valence-electron chi connectivity index (χ1n) is 11.2. The molecule has 5 aliphatic rings. The van der Waals surface area contributed by atoms with Gasteiger partial charge in [0, 0.05) is 17.8 Å². The molecule has 0 heterocycles. The fourth-order valence-corrected chi connectivity index (χ4v) is 9.95. The number of carbonyl (C=O) groups is 2. The summed E-state index contributed by atoms with van der Waals surface area (Å²) in [7, 11) is 0. The highest BCUT2D eigenvalue weighted by molar-refractivity contribution is 5.86. The van der Waals surface area contributed by atoms with Crippen molar-refractivity contribution >= 4 is 11.6 Å². The SMILES string of the molecule is CC(=O)C1C(O)CC2(C)C3CCC4C(C)(C)C(=O)CCC45CC35CCC12C. The van der Waals surface area contributed by atoms with E-state index >= 15 is 0 Å². The van der Waals surface area contributed by atoms with Crippen LogP contribution < -0.4 is 0 Å². The Bertz CT molecular complexity index is 740. The van der Waals surface area contributed by atoms with Crippen molar-refractivity contribution in [2.75, 3.05) is 0 Å². The molecule has 2 spiro atoms. The maximum atomic E-state index is 12.7. The van der Waals surface area contributed by atoms with Crippen LogP contribution in [0.15, 0.2) is 0 Å². The van der Waals surface area contributed by atoms with Crippen LogP contribution in [0.2, 0.25) is 0 Å². The molecule has 5 rings (SSSR count). The van der Waals surface area contributed by atoms with Crippen molar-refractivity contribution in [2.45, 2.75) is 92.1 Å². The zero-order valence-electron chi connectivity index (χ0n) is 17.7. The molecule has 150 valence electrons. The van der Waals surface area contributed by atoms with E-state index < -0.39 is 6.10 Å². The highest BCUT2D eigenvalue weighted by Gasteiger charge is 2.82. The van der Waals surface area contributed by atoms with Crippen LogP contribution >= 0.6 is 0 Å². The monoisotopic (exact) mass is 372 g/mol. The van der Waals surface area contributed by atoms with E-state index in [1.807, 2.05) is 0 Å². The Morgan fingerprint density at radius 3 is 2.26 bits per heavy atom. The van der Waals surface area contributed by atoms with Gasteiger partial charge in [0.15, 0.2) is 0 Å². The number of hydrogen-bond acceptors (Lipinski definition) is 3. The van der Waals surface area contributed by atoms with Gasteiger partial charge in [-0.25, -0.2) is 0 Å². The molecule has 0 aliphatic heterocycles. The summed E-state index contributed by atoms with van der Waals surface area (Å²) in [5.41, 5.74) is 0.516. The fourth-order valence-electron chi connectivity index (χ4n) is 9.95. The molecule has 8 atom stereocenters. The molecule has 0 aromatic heterocycles. The third-order valence-corrected chi connectivity index (χ3v) is 11.3. The van der Waals surface area contributed by atoms with E-state index in [4.69, 9.17) is 0 Å². The minimum atomic E-state index is -0.482. The van der Waals surface area contributed by atoms with Crippen LogP contribution in [0.4, 0.5) is 0 Å². The Hall–Kier alpha value is -0.700. The lowest BCUT2D eigenvalue weighted by atomic mass is 9.42. The Labute approximate surface area is 163 Å². The van der Waals surface area contributed by atoms with Crippen LogP contribution in [0.1, 0.15) is 86.0 Å². The molecule has 5 fully saturated rings. The maximum Gasteiger partial charge on any atom is 0.138 e. The normalized spacial score (nSPS) is 57.9. The number of aliphatic hydroxyl groups is 1. The zero-order valence-corrected chi connectivity index (χ0v) is 17.7. The summed E-state index contributed by atoms with van der Waals surface area (Å²) in [6.45, 7) is 10.8. The first kappa shape index (κ1) is 18.3. The summed E-state index contributed by atoms with van der Waals surface area (Å²) in [6.07, 6.45) is 8.01. The average molecular weight is 373 g/mol. The number of carbonyl (C=O) groups excluding carboxylic acids is 2. The molecule has 0 aromatic carbocycles. The molecule has 3 nitrogen and oxygen atoms in total. The smallest absolute Gasteiger partial charge is 0.138 e. The van der Waals surface area contributed by atoms with E-state index in [0.29, 0.717) is 28.4 Å². The Balaban J connectivity index is 1.57. The van der Waals surface area contributed by atoms with E-state index in [2.05, 4.69) is 27.7 Å². The molecular weight excluding hydrogens is 336 g/mol. The molecule has 0 saturated heterocycles. The van der Waals surface area contributed by atoms with Crippen LogP contribution in [0, 0.1) is 44.8 Å². The Morgan fingerprint density at radius 1 is 0.963 bits per heavy atom. The number of Topliss-reactive ketones (excluding diaryl/α,β-unsaturated/α-hetero) is 2. The number of aliphatic hydroxyl groups excluding tert-OH is 1. The van der Waals surface area contributed by atoms with E-state index in [9.17, 15) is 14.7 Å². The standard InChI is InChI=1S/C24H36O3/c1-14(25)19-15(26)12-22(5)17-7-6-16-20(2,3)18(27)8-9-23(16)13-24(17,23)11-10-21(19,22)4/h15-17,19,26H,6-13H2,1-5H3. The van der Waals surface area contributed by atoms with Crippen LogP contribution in [0.5, 0.6) is 0 Å². The van der Waals surface area contributed by atoms with E-state index in [0.717, 1.165) is 32.1 Å². The van der Waals surface area contributed by atoms with Crippen LogP contribution in [0.25, 0.3) is 0 Å². The summed E-state index contributed by atoms with van der Waals surface area (Å²) >= 11 is 0. The van der Waals surface area contributed by atoms with Gasteiger partial charge in [0.25, 0.3) is 0 Å². The van der Waals surface area contributed by atoms with E-state index in [1.54, 1.807) is 6.92 Å². The molecule has 0 bridgehead atoms. The minimum absolute atomic E-state index is 0.0427. The molecule has 0 aromatic rings. The second-order valence-corrected chi connectivity index (χ2v) is 12.0. The second-order valence-electron chi connectivity index (χ2n) is 12.0. The lowest BCUT2D eigenvalue weighted by molar-refractivity contribution is -0.158. The summed E-state index contributed by atoms with van der Waals surface area (Å²) in [6, 6.07) is 0. The second kappa shape index (κ2) is 4.89. The number of ketones is 2. The predicted octanol–water partition coefficient (Wildman–Crippen LogP) is 4.55. The zero-order chi connectivity index (χ0) is 19.6. The van der Waals surface area contributed by atoms with Crippen molar-refractivity contribution < 1.29 is 14.7 Å². The summed E-state index contributed by atoms with van der Waals surface area (Å²) in [4.78, 5) is 25.1. The van der Waals surface area contributed by atoms with Crippen LogP contribution in [0.3, 0.4) is 0 Å². The van der Waals surface area contributed by atoms with Gasteiger partial charge < -0.3 is 5.11 Å². The van der Waals surface area contributed by atoms with Crippen molar-refractivity contribution in [1.29, 1.82) is 0 Å². The quantitative estimate of drug-likeness (QED) is 0.734. The van der Waals surface area contributed by atoms with Crippen molar-refractivity contribution in [3.05, 3.63) is 0 Å². The van der Waals surface area contributed by atoms with Gasteiger partial charge in [-0.3, -0.25) is 9.59 Å². The van der Waals surface area contributed by atoms with Gasteiger partial charge in [-0.15, -0.1) is 0 Å². The molecule has 3 heteroatoms. The number of rotatable bonds is 1. The lowest BCUT2D eigenvalue weighted by Gasteiger charge is -2.61. The molecule has 1 N–H and O–H groups in total. The molecule has 27 heavy (non-hydrogen) atoms. The molecule has 8 unspecified atom stereocenters. The maximum absolute atomic E-state index is 12.7. The molecule has 0 radical (unpaired) electrons. The summed E-state index contributed by atoms with van der Waals surface area (Å²) in [5, 5.41) is 10.9. The van der Waals surface area contributed by atoms with Crippen molar-refractivity contribution in [3.8, 4) is 0 Å². The third-order valence-electron chi connectivity index (χ3n) is 11.3.